The van der Waals surface area contributed by atoms with Crippen molar-refractivity contribution in [3.05, 3.63) is 12.2 Å². The van der Waals surface area contributed by atoms with Crippen LogP contribution in [0.5, 0.6) is 0 Å². The average Bonchev–Trinajstić information content (AvgIpc) is 3.36. The summed E-state index contributed by atoms with van der Waals surface area (Å²) >= 11 is 0. The third-order valence-corrected chi connectivity index (χ3v) is 15.6. The zero-order valence-corrected chi connectivity index (χ0v) is 47.9. The molecule has 0 saturated heterocycles. The fourth-order valence-electron chi connectivity index (χ4n) is 10.6. The lowest BCUT2D eigenvalue weighted by atomic mass is 10.0. The predicted molar refractivity (Wildman–Crippen MR) is 310 cm³/mol. The number of hydrogen-bond acceptors (Lipinski definition) is 4. The maximum atomic E-state index is 12.6. The number of nitrogens with one attached hydrogen (secondary N) is 1. The van der Waals surface area contributed by atoms with Gasteiger partial charge in [0.15, 0.2) is 0 Å². The minimum atomic E-state index is -1.16. The van der Waals surface area contributed by atoms with Crippen molar-refractivity contribution in [1.29, 1.82) is 0 Å². The smallest absolute Gasteiger partial charge is 0.220 e. The Bertz CT molecular complexity index is 1000. The largest absolute Gasteiger partial charge is 0.394 e. The predicted octanol–water partition coefficient (Wildman–Crippen LogP) is 20.6. The van der Waals surface area contributed by atoms with Crippen molar-refractivity contribution in [2.75, 3.05) is 6.61 Å². The van der Waals surface area contributed by atoms with E-state index in [-0.39, 0.29) is 12.5 Å². The van der Waals surface area contributed by atoms with E-state index in [0.717, 1.165) is 38.5 Å². The van der Waals surface area contributed by atoms with Crippen LogP contribution < -0.4 is 5.32 Å². The second-order valence-electron chi connectivity index (χ2n) is 22.7. The Hall–Kier alpha value is -0.910. The van der Waals surface area contributed by atoms with E-state index in [4.69, 9.17) is 0 Å². The van der Waals surface area contributed by atoms with Crippen LogP contribution in [-0.2, 0) is 4.79 Å². The number of amides is 1. The van der Waals surface area contributed by atoms with Crippen LogP contribution in [0.3, 0.4) is 0 Å². The summed E-state index contributed by atoms with van der Waals surface area (Å²) in [5, 5.41) is 33.8. The Labute approximate surface area is 440 Å². The molecule has 0 radical (unpaired) electrons. The minimum Gasteiger partial charge on any atom is -0.394 e. The van der Waals surface area contributed by atoms with Gasteiger partial charge in [-0.3, -0.25) is 4.79 Å². The van der Waals surface area contributed by atoms with Crippen LogP contribution in [0.25, 0.3) is 0 Å². The number of aliphatic hydroxyl groups is 3. The normalized spacial score (nSPS) is 13.2. The molecule has 0 aliphatic carbocycles. The van der Waals surface area contributed by atoms with Crippen molar-refractivity contribution < 1.29 is 20.1 Å². The molecule has 0 aromatic heterocycles. The summed E-state index contributed by atoms with van der Waals surface area (Å²) in [6.07, 6.45) is 77.0. The number of hydrogen-bond donors (Lipinski definition) is 4. The van der Waals surface area contributed by atoms with Gasteiger partial charge in [-0.25, -0.2) is 0 Å². The Kier molecular flexibility index (Phi) is 59.9. The van der Waals surface area contributed by atoms with Crippen molar-refractivity contribution in [1.82, 2.24) is 5.32 Å². The van der Waals surface area contributed by atoms with Gasteiger partial charge >= 0.3 is 0 Å². The van der Waals surface area contributed by atoms with Gasteiger partial charge < -0.3 is 20.6 Å². The number of carbonyl (C=O) groups is 1. The molecule has 0 rings (SSSR count). The van der Waals surface area contributed by atoms with Crippen molar-refractivity contribution in [3.8, 4) is 0 Å². The first kappa shape index (κ1) is 69.1. The van der Waals surface area contributed by atoms with Gasteiger partial charge in [0.05, 0.1) is 18.8 Å². The third kappa shape index (κ3) is 54.9. The van der Waals surface area contributed by atoms with E-state index in [9.17, 15) is 20.1 Å². The second-order valence-corrected chi connectivity index (χ2v) is 22.7. The van der Waals surface area contributed by atoms with E-state index in [1.54, 1.807) is 0 Å². The molecule has 0 heterocycles. The van der Waals surface area contributed by atoms with Gasteiger partial charge in [0, 0.05) is 6.42 Å². The minimum absolute atomic E-state index is 0.145. The first-order valence-electron chi connectivity index (χ1n) is 32.5. The van der Waals surface area contributed by atoms with E-state index < -0.39 is 18.2 Å². The first-order chi connectivity index (χ1) is 34.6. The summed E-state index contributed by atoms with van der Waals surface area (Å²) < 4.78 is 0. The molecule has 3 atom stereocenters. The highest BCUT2D eigenvalue weighted by atomic mass is 16.3. The SMILES string of the molecule is CCCCCCCCCCCCCCCCCCCC/C=C/CCCC(O)C(O)C(CO)NC(=O)CCCCCCCCCCCCCCCCCCCCCCCCCCCCCCCCCCC. The van der Waals surface area contributed by atoms with Crippen LogP contribution in [0, 0.1) is 0 Å². The summed E-state index contributed by atoms with van der Waals surface area (Å²) in [7, 11) is 0. The third-order valence-electron chi connectivity index (χ3n) is 15.6. The molecule has 0 saturated carbocycles. The highest BCUT2D eigenvalue weighted by Gasteiger charge is 2.26. The summed E-state index contributed by atoms with van der Waals surface area (Å²) in [5.74, 6) is -0.145. The zero-order valence-electron chi connectivity index (χ0n) is 47.9. The van der Waals surface area contributed by atoms with Crippen LogP contribution in [0.15, 0.2) is 12.2 Å². The van der Waals surface area contributed by atoms with Crippen LogP contribution in [0.4, 0.5) is 0 Å². The van der Waals surface area contributed by atoms with E-state index in [1.807, 2.05) is 0 Å². The van der Waals surface area contributed by atoms with Crippen LogP contribution >= 0.6 is 0 Å². The highest BCUT2D eigenvalue weighted by molar-refractivity contribution is 5.76. The van der Waals surface area contributed by atoms with Gasteiger partial charge in [0.2, 0.25) is 5.91 Å². The van der Waals surface area contributed by atoms with Crippen LogP contribution in [0.1, 0.15) is 373 Å². The van der Waals surface area contributed by atoms with Gasteiger partial charge in [0.25, 0.3) is 0 Å². The Balaban J connectivity index is 3.47. The molecule has 1 amide bonds. The number of rotatable bonds is 61. The zero-order chi connectivity index (χ0) is 50.7. The first-order valence-corrected chi connectivity index (χ1v) is 32.5. The molecular formula is C65H129NO4. The molecule has 418 valence electrons. The number of unbranched alkanes of at least 4 members (excludes halogenated alkanes) is 51. The molecule has 0 aliphatic rings. The molecule has 0 fully saturated rings. The topological polar surface area (TPSA) is 89.8 Å². The lowest BCUT2D eigenvalue weighted by Gasteiger charge is -2.26. The molecule has 0 spiro atoms. The molecule has 0 aromatic rings. The van der Waals surface area contributed by atoms with Gasteiger partial charge in [-0.1, -0.05) is 341 Å². The molecule has 70 heavy (non-hydrogen) atoms. The summed E-state index contributed by atoms with van der Waals surface area (Å²) in [5.41, 5.74) is 0. The molecule has 0 aromatic carbocycles. The summed E-state index contributed by atoms with van der Waals surface area (Å²) in [6.45, 7) is 4.22. The van der Waals surface area contributed by atoms with E-state index in [2.05, 4.69) is 31.3 Å². The summed E-state index contributed by atoms with van der Waals surface area (Å²) in [4.78, 5) is 12.6. The van der Waals surface area contributed by atoms with Crippen molar-refractivity contribution in [2.45, 2.75) is 392 Å². The number of carbonyl (C=O) groups excluding carboxylic acids is 1. The second kappa shape index (κ2) is 60.6. The molecule has 5 heteroatoms. The fourth-order valence-corrected chi connectivity index (χ4v) is 10.6. The quantitative estimate of drug-likeness (QED) is 0.0361. The fraction of sp³-hybridized carbons (Fsp3) is 0.954. The molecular weight excluding hydrogens is 859 g/mol. The molecule has 0 aliphatic heterocycles. The summed E-state index contributed by atoms with van der Waals surface area (Å²) in [6, 6.07) is -0.823. The molecule has 5 nitrogen and oxygen atoms in total. The maximum Gasteiger partial charge on any atom is 0.220 e. The van der Waals surface area contributed by atoms with Gasteiger partial charge in [0.1, 0.15) is 6.10 Å². The van der Waals surface area contributed by atoms with Gasteiger partial charge in [-0.2, -0.15) is 0 Å². The highest BCUT2D eigenvalue weighted by Crippen LogP contribution is 2.19. The van der Waals surface area contributed by atoms with Crippen molar-refractivity contribution in [2.24, 2.45) is 0 Å². The van der Waals surface area contributed by atoms with Crippen LogP contribution in [-0.4, -0.2) is 46.1 Å². The lowest BCUT2D eigenvalue weighted by molar-refractivity contribution is -0.124. The molecule has 4 N–H and O–H groups in total. The Morgan fingerprint density at radius 2 is 0.571 bits per heavy atom. The molecule has 3 unspecified atom stereocenters. The van der Waals surface area contributed by atoms with E-state index in [0.29, 0.717) is 12.8 Å². The Morgan fingerprint density at radius 1 is 0.343 bits per heavy atom. The van der Waals surface area contributed by atoms with Gasteiger partial charge in [-0.15, -0.1) is 0 Å². The van der Waals surface area contributed by atoms with E-state index >= 15 is 0 Å². The number of aliphatic hydroxyl groups excluding tert-OH is 3. The Morgan fingerprint density at radius 3 is 0.829 bits per heavy atom. The lowest BCUT2D eigenvalue weighted by Crippen LogP contribution is -2.50. The van der Waals surface area contributed by atoms with Crippen LogP contribution in [0.2, 0.25) is 0 Å². The standard InChI is InChI=1S/C65H129NO4/c1-3-5-7-9-11-13-15-17-19-21-23-25-27-28-29-30-31-32-33-34-35-36-38-40-42-44-46-48-50-52-54-56-58-60-64(69)66-62(61-67)65(70)63(68)59-57-55-53-51-49-47-45-43-41-39-37-26-24-22-20-18-16-14-12-10-8-6-4-2/h51,53,62-63,65,67-68,70H,3-50,52,54-61H2,1-2H3,(H,66,69)/b53-51+. The monoisotopic (exact) mass is 988 g/mol. The van der Waals surface area contributed by atoms with Crippen molar-refractivity contribution in [3.63, 3.8) is 0 Å². The average molecular weight is 989 g/mol. The molecule has 0 bridgehead atoms. The van der Waals surface area contributed by atoms with E-state index in [1.165, 1.54) is 308 Å². The van der Waals surface area contributed by atoms with Gasteiger partial charge in [-0.05, 0) is 38.5 Å². The van der Waals surface area contributed by atoms with Crippen molar-refractivity contribution >= 4 is 5.91 Å². The number of allylic oxidation sites excluding steroid dienone is 2. The maximum absolute atomic E-state index is 12.6.